The maximum atomic E-state index is 13.6. The van der Waals surface area contributed by atoms with Crippen LogP contribution in [0.1, 0.15) is 12.5 Å². The van der Waals surface area contributed by atoms with E-state index in [1.807, 2.05) is 31.2 Å². The van der Waals surface area contributed by atoms with Crippen LogP contribution in [-0.4, -0.2) is 6.61 Å². The Morgan fingerprint density at radius 3 is 2.21 bits per heavy atom. The third-order valence-corrected chi connectivity index (χ3v) is 3.04. The SMILES string of the molecule is CCOc1ccc(OCc2ccc(Br)cc2F)cc1. The topological polar surface area (TPSA) is 18.5 Å². The molecule has 0 unspecified atom stereocenters. The second-order valence-corrected chi connectivity index (χ2v) is 4.84. The van der Waals surface area contributed by atoms with Crippen LogP contribution in [0.3, 0.4) is 0 Å². The molecule has 2 aromatic carbocycles. The van der Waals surface area contributed by atoms with Gasteiger partial charge in [0, 0.05) is 10.0 Å². The molecule has 0 radical (unpaired) electrons. The van der Waals surface area contributed by atoms with Crippen molar-refractivity contribution in [2.24, 2.45) is 0 Å². The van der Waals surface area contributed by atoms with Crippen molar-refractivity contribution in [2.75, 3.05) is 6.61 Å². The standard InChI is InChI=1S/C15H14BrFO2/c1-2-18-13-5-7-14(8-6-13)19-10-11-3-4-12(16)9-15(11)17/h3-9H,2,10H2,1H3. The molecule has 0 saturated carbocycles. The number of rotatable bonds is 5. The van der Waals surface area contributed by atoms with Gasteiger partial charge in [-0.1, -0.05) is 22.0 Å². The van der Waals surface area contributed by atoms with Crippen LogP contribution in [0.15, 0.2) is 46.9 Å². The lowest BCUT2D eigenvalue weighted by Gasteiger charge is -2.08. The lowest BCUT2D eigenvalue weighted by atomic mass is 10.2. The number of ether oxygens (including phenoxy) is 2. The van der Waals surface area contributed by atoms with E-state index in [2.05, 4.69) is 15.9 Å². The van der Waals surface area contributed by atoms with E-state index in [0.29, 0.717) is 17.9 Å². The van der Waals surface area contributed by atoms with Gasteiger partial charge in [-0.05, 0) is 43.3 Å². The summed E-state index contributed by atoms with van der Waals surface area (Å²) in [6.45, 7) is 2.76. The van der Waals surface area contributed by atoms with E-state index >= 15 is 0 Å². The molecule has 0 fully saturated rings. The summed E-state index contributed by atoms with van der Waals surface area (Å²) in [5.74, 6) is 1.20. The van der Waals surface area contributed by atoms with Gasteiger partial charge >= 0.3 is 0 Å². The highest BCUT2D eigenvalue weighted by Gasteiger charge is 2.04. The zero-order chi connectivity index (χ0) is 13.7. The molecule has 0 aliphatic rings. The van der Waals surface area contributed by atoms with Crippen molar-refractivity contribution >= 4 is 15.9 Å². The second-order valence-electron chi connectivity index (χ2n) is 3.93. The van der Waals surface area contributed by atoms with E-state index in [1.54, 1.807) is 12.1 Å². The summed E-state index contributed by atoms with van der Waals surface area (Å²) in [5, 5.41) is 0. The second kappa shape index (κ2) is 6.57. The van der Waals surface area contributed by atoms with Gasteiger partial charge in [-0.2, -0.15) is 0 Å². The van der Waals surface area contributed by atoms with Crippen molar-refractivity contribution in [1.29, 1.82) is 0 Å². The third-order valence-electron chi connectivity index (χ3n) is 2.54. The summed E-state index contributed by atoms with van der Waals surface area (Å²) in [6.07, 6.45) is 0. The Labute approximate surface area is 120 Å². The molecule has 0 N–H and O–H groups in total. The highest BCUT2D eigenvalue weighted by Crippen LogP contribution is 2.20. The van der Waals surface area contributed by atoms with Crippen molar-refractivity contribution in [2.45, 2.75) is 13.5 Å². The number of halogens is 2. The van der Waals surface area contributed by atoms with Crippen LogP contribution in [0, 0.1) is 5.82 Å². The van der Waals surface area contributed by atoms with E-state index in [1.165, 1.54) is 6.07 Å². The fourth-order valence-corrected chi connectivity index (χ4v) is 1.93. The highest BCUT2D eigenvalue weighted by atomic mass is 79.9. The Hall–Kier alpha value is -1.55. The summed E-state index contributed by atoms with van der Waals surface area (Å²) in [7, 11) is 0. The first-order valence-electron chi connectivity index (χ1n) is 5.98. The van der Waals surface area contributed by atoms with Crippen LogP contribution in [0.2, 0.25) is 0 Å². The van der Waals surface area contributed by atoms with Crippen molar-refractivity contribution < 1.29 is 13.9 Å². The van der Waals surface area contributed by atoms with E-state index in [4.69, 9.17) is 9.47 Å². The van der Waals surface area contributed by atoms with Gasteiger partial charge in [0.05, 0.1) is 6.61 Å². The van der Waals surface area contributed by atoms with Crippen LogP contribution in [0.4, 0.5) is 4.39 Å². The molecule has 0 saturated heterocycles. The molecular formula is C15H14BrFO2. The highest BCUT2D eigenvalue weighted by molar-refractivity contribution is 9.10. The van der Waals surface area contributed by atoms with Gasteiger partial charge in [0.2, 0.25) is 0 Å². The van der Waals surface area contributed by atoms with Gasteiger partial charge in [-0.25, -0.2) is 4.39 Å². The molecule has 19 heavy (non-hydrogen) atoms. The first-order valence-corrected chi connectivity index (χ1v) is 6.78. The number of hydrogen-bond acceptors (Lipinski definition) is 2. The van der Waals surface area contributed by atoms with Gasteiger partial charge in [0.15, 0.2) is 0 Å². The molecule has 0 spiro atoms. The van der Waals surface area contributed by atoms with Crippen molar-refractivity contribution in [3.05, 3.63) is 58.3 Å². The Morgan fingerprint density at radius 1 is 1.00 bits per heavy atom. The monoisotopic (exact) mass is 324 g/mol. The zero-order valence-electron chi connectivity index (χ0n) is 10.5. The third kappa shape index (κ3) is 3.96. The fraction of sp³-hybridized carbons (Fsp3) is 0.200. The van der Waals surface area contributed by atoms with Crippen molar-refractivity contribution in [3.8, 4) is 11.5 Å². The molecule has 0 aliphatic heterocycles. The summed E-state index contributed by atoms with van der Waals surface area (Å²) < 4.78 is 25.2. The fourth-order valence-electron chi connectivity index (χ4n) is 1.60. The molecule has 0 amide bonds. The van der Waals surface area contributed by atoms with Crippen LogP contribution >= 0.6 is 15.9 Å². The zero-order valence-corrected chi connectivity index (χ0v) is 12.1. The van der Waals surface area contributed by atoms with Crippen LogP contribution in [0.25, 0.3) is 0 Å². The molecule has 0 bridgehead atoms. The molecule has 0 atom stereocenters. The molecular weight excluding hydrogens is 311 g/mol. The van der Waals surface area contributed by atoms with Gasteiger partial charge in [-0.15, -0.1) is 0 Å². The van der Waals surface area contributed by atoms with Crippen LogP contribution in [0.5, 0.6) is 11.5 Å². The molecule has 2 rings (SSSR count). The first kappa shape index (κ1) is 13.9. The Kier molecular flexibility index (Phi) is 4.80. The summed E-state index contributed by atoms with van der Waals surface area (Å²) in [5.41, 5.74) is 0.525. The van der Waals surface area contributed by atoms with Gasteiger partial charge in [-0.3, -0.25) is 0 Å². The van der Waals surface area contributed by atoms with Gasteiger partial charge < -0.3 is 9.47 Å². The summed E-state index contributed by atoms with van der Waals surface area (Å²) >= 11 is 3.22. The smallest absolute Gasteiger partial charge is 0.130 e. The first-order chi connectivity index (χ1) is 9.19. The molecule has 4 heteroatoms. The summed E-state index contributed by atoms with van der Waals surface area (Å²) in [6, 6.07) is 12.2. The van der Waals surface area contributed by atoms with E-state index in [0.717, 1.165) is 10.2 Å². The van der Waals surface area contributed by atoms with Crippen LogP contribution < -0.4 is 9.47 Å². The molecule has 0 heterocycles. The minimum atomic E-state index is -0.277. The maximum Gasteiger partial charge on any atom is 0.130 e. The molecule has 2 aromatic rings. The Morgan fingerprint density at radius 2 is 1.63 bits per heavy atom. The Bertz CT molecular complexity index is 540. The molecule has 0 aliphatic carbocycles. The van der Waals surface area contributed by atoms with Gasteiger partial charge in [0.25, 0.3) is 0 Å². The Balaban J connectivity index is 1.98. The summed E-state index contributed by atoms with van der Waals surface area (Å²) in [4.78, 5) is 0. The van der Waals surface area contributed by atoms with E-state index in [-0.39, 0.29) is 12.4 Å². The quantitative estimate of drug-likeness (QED) is 0.802. The van der Waals surface area contributed by atoms with Crippen molar-refractivity contribution in [3.63, 3.8) is 0 Å². The average Bonchev–Trinajstić information content (AvgIpc) is 2.40. The number of hydrogen-bond donors (Lipinski definition) is 0. The predicted molar refractivity (Wildman–Crippen MR) is 76.0 cm³/mol. The maximum absolute atomic E-state index is 13.6. The molecule has 100 valence electrons. The minimum absolute atomic E-state index is 0.201. The van der Waals surface area contributed by atoms with E-state index < -0.39 is 0 Å². The van der Waals surface area contributed by atoms with Crippen LogP contribution in [-0.2, 0) is 6.61 Å². The minimum Gasteiger partial charge on any atom is -0.494 e. The van der Waals surface area contributed by atoms with E-state index in [9.17, 15) is 4.39 Å². The normalized spacial score (nSPS) is 10.3. The number of benzene rings is 2. The average molecular weight is 325 g/mol. The predicted octanol–water partition coefficient (Wildman–Crippen LogP) is 4.57. The molecule has 2 nitrogen and oxygen atoms in total. The lowest BCUT2D eigenvalue weighted by molar-refractivity contribution is 0.298. The molecule has 0 aromatic heterocycles. The largest absolute Gasteiger partial charge is 0.494 e. The van der Waals surface area contributed by atoms with Crippen molar-refractivity contribution in [1.82, 2.24) is 0 Å². The lowest BCUT2D eigenvalue weighted by Crippen LogP contribution is -1.98. The van der Waals surface area contributed by atoms with Gasteiger partial charge in [0.1, 0.15) is 23.9 Å².